The van der Waals surface area contributed by atoms with Gasteiger partial charge in [0.2, 0.25) is 5.91 Å². The number of carbonyl (C=O) groups excluding carboxylic acids is 2. The molecule has 0 aliphatic carbocycles. The first-order valence-corrected chi connectivity index (χ1v) is 9.98. The summed E-state index contributed by atoms with van der Waals surface area (Å²) in [6.45, 7) is 0.572. The molecule has 0 atom stereocenters. The van der Waals surface area contributed by atoms with Crippen LogP contribution in [0.2, 0.25) is 0 Å². The van der Waals surface area contributed by atoms with Crippen LogP contribution in [0.25, 0.3) is 10.9 Å². The van der Waals surface area contributed by atoms with E-state index in [1.54, 1.807) is 44.4 Å². The summed E-state index contributed by atoms with van der Waals surface area (Å²) >= 11 is 0. The van der Waals surface area contributed by atoms with Gasteiger partial charge in [-0.25, -0.2) is 0 Å². The number of ether oxygens (including phenoxy) is 3. The third-order valence-corrected chi connectivity index (χ3v) is 5.55. The fourth-order valence-electron chi connectivity index (χ4n) is 4.02. The minimum absolute atomic E-state index is 0.00687. The first kappa shape index (κ1) is 20.6. The first-order valence-electron chi connectivity index (χ1n) is 9.98. The number of carbonyl (C=O) groups is 2. The molecular weight excluding hydrogens is 398 g/mol. The normalized spacial score (nSPS) is 13.5. The van der Waals surface area contributed by atoms with Crippen LogP contribution in [0, 0.1) is 0 Å². The quantitative estimate of drug-likeness (QED) is 0.655. The molecule has 1 aliphatic heterocycles. The molecule has 1 aliphatic rings. The van der Waals surface area contributed by atoms with E-state index in [-0.39, 0.29) is 11.8 Å². The number of benzene rings is 2. The van der Waals surface area contributed by atoms with Crippen LogP contribution < -0.4 is 24.4 Å². The number of amides is 2. The summed E-state index contributed by atoms with van der Waals surface area (Å²) in [6, 6.07) is 10.8. The Labute approximate surface area is 180 Å². The van der Waals surface area contributed by atoms with Crippen LogP contribution in [0.5, 0.6) is 17.2 Å². The average molecular weight is 423 g/mol. The zero-order chi connectivity index (χ0) is 22.1. The van der Waals surface area contributed by atoms with Gasteiger partial charge in [0.1, 0.15) is 22.9 Å². The monoisotopic (exact) mass is 423 g/mol. The number of fused-ring (bicyclic) bond motifs is 1. The molecule has 2 amide bonds. The van der Waals surface area contributed by atoms with Gasteiger partial charge < -0.3 is 29.0 Å². The molecule has 2 aromatic carbocycles. The van der Waals surface area contributed by atoms with Crippen LogP contribution in [-0.2, 0) is 11.8 Å². The maximum atomic E-state index is 13.5. The molecule has 1 N–H and O–H groups in total. The van der Waals surface area contributed by atoms with Crippen molar-refractivity contribution in [2.75, 3.05) is 38.1 Å². The summed E-state index contributed by atoms with van der Waals surface area (Å²) in [6.07, 6.45) is 1.22. The Bertz CT molecular complexity index is 1150. The van der Waals surface area contributed by atoms with Gasteiger partial charge in [0.05, 0.1) is 32.5 Å². The smallest absolute Gasteiger partial charge is 0.274 e. The molecule has 162 valence electrons. The number of hydrogen-bond donors (Lipinski definition) is 1. The Morgan fingerprint density at radius 2 is 1.65 bits per heavy atom. The Kier molecular flexibility index (Phi) is 5.46. The van der Waals surface area contributed by atoms with Crippen molar-refractivity contribution in [2.24, 2.45) is 7.05 Å². The summed E-state index contributed by atoms with van der Waals surface area (Å²) in [5.41, 5.74) is 2.37. The largest absolute Gasteiger partial charge is 0.497 e. The van der Waals surface area contributed by atoms with Crippen molar-refractivity contribution >= 4 is 34.1 Å². The molecule has 0 bridgehead atoms. The van der Waals surface area contributed by atoms with Gasteiger partial charge in [0.25, 0.3) is 5.91 Å². The first-order chi connectivity index (χ1) is 15.0. The van der Waals surface area contributed by atoms with Crippen LogP contribution >= 0.6 is 0 Å². The topological polar surface area (TPSA) is 82.0 Å². The molecule has 4 rings (SSSR count). The van der Waals surface area contributed by atoms with E-state index in [4.69, 9.17) is 14.2 Å². The van der Waals surface area contributed by atoms with E-state index >= 15 is 0 Å². The van der Waals surface area contributed by atoms with Crippen molar-refractivity contribution in [3.63, 3.8) is 0 Å². The predicted octanol–water partition coefficient (Wildman–Crippen LogP) is 3.58. The predicted molar refractivity (Wildman–Crippen MR) is 119 cm³/mol. The summed E-state index contributed by atoms with van der Waals surface area (Å²) in [7, 11) is 6.51. The molecule has 31 heavy (non-hydrogen) atoms. The lowest BCUT2D eigenvalue weighted by molar-refractivity contribution is -0.117. The lowest BCUT2D eigenvalue weighted by Gasteiger charge is -2.18. The van der Waals surface area contributed by atoms with E-state index in [1.807, 2.05) is 29.8 Å². The van der Waals surface area contributed by atoms with Gasteiger partial charge in [-0.15, -0.1) is 0 Å². The van der Waals surface area contributed by atoms with Gasteiger partial charge in [-0.1, -0.05) is 0 Å². The Balaban J connectivity index is 1.84. The Morgan fingerprint density at radius 1 is 0.968 bits per heavy atom. The fraction of sp³-hybridized carbons (Fsp3) is 0.304. The lowest BCUT2D eigenvalue weighted by Crippen LogP contribution is -2.27. The number of methoxy groups -OCH3 is 3. The van der Waals surface area contributed by atoms with E-state index in [2.05, 4.69) is 5.32 Å². The maximum Gasteiger partial charge on any atom is 0.274 e. The Morgan fingerprint density at radius 3 is 2.23 bits per heavy atom. The number of anilines is 2. The van der Waals surface area contributed by atoms with E-state index in [9.17, 15) is 9.59 Å². The van der Waals surface area contributed by atoms with Crippen molar-refractivity contribution in [1.82, 2.24) is 4.57 Å². The number of nitrogens with zero attached hydrogens (tertiary/aromatic N) is 2. The molecule has 1 saturated heterocycles. The second-order valence-electron chi connectivity index (χ2n) is 7.34. The molecule has 0 unspecified atom stereocenters. The third-order valence-electron chi connectivity index (χ3n) is 5.55. The standard InChI is InChI=1S/C23H25N3O5/c1-25-19-8-7-15(29-2)13-18(19)21(26-9-5-6-20(26)27)22(25)23(28)24-14-10-16(30-3)12-17(11-14)31-4/h7-8,10-13H,5-6,9H2,1-4H3,(H,24,28). The molecule has 1 fully saturated rings. The molecule has 0 radical (unpaired) electrons. The Hall–Kier alpha value is -3.68. The second-order valence-corrected chi connectivity index (χ2v) is 7.34. The van der Waals surface area contributed by atoms with Gasteiger partial charge in [0, 0.05) is 49.3 Å². The van der Waals surface area contributed by atoms with Gasteiger partial charge in [-0.2, -0.15) is 0 Å². The van der Waals surface area contributed by atoms with E-state index < -0.39 is 0 Å². The number of aryl methyl sites for hydroxylation is 1. The third kappa shape index (κ3) is 3.65. The molecule has 1 aromatic heterocycles. The van der Waals surface area contributed by atoms with Crippen molar-refractivity contribution in [3.05, 3.63) is 42.1 Å². The van der Waals surface area contributed by atoms with E-state index in [0.29, 0.717) is 47.3 Å². The van der Waals surface area contributed by atoms with Crippen LogP contribution in [0.15, 0.2) is 36.4 Å². The number of rotatable bonds is 6. The summed E-state index contributed by atoms with van der Waals surface area (Å²) in [5.74, 6) is 1.46. The van der Waals surface area contributed by atoms with E-state index in [0.717, 1.165) is 17.3 Å². The number of aromatic nitrogens is 1. The summed E-state index contributed by atoms with van der Waals surface area (Å²) in [4.78, 5) is 27.8. The SMILES string of the molecule is COc1cc(NC(=O)c2c(N3CCCC3=O)c3cc(OC)ccc3n2C)cc(OC)c1. The molecule has 8 heteroatoms. The molecule has 3 aromatic rings. The summed E-state index contributed by atoms with van der Waals surface area (Å²) < 4.78 is 17.8. The van der Waals surface area contributed by atoms with Gasteiger partial charge in [0.15, 0.2) is 0 Å². The van der Waals surface area contributed by atoms with Crippen molar-refractivity contribution in [3.8, 4) is 17.2 Å². The van der Waals surface area contributed by atoms with Crippen molar-refractivity contribution in [1.29, 1.82) is 0 Å². The van der Waals surface area contributed by atoms with Crippen molar-refractivity contribution in [2.45, 2.75) is 12.8 Å². The van der Waals surface area contributed by atoms with Crippen LogP contribution in [0.1, 0.15) is 23.3 Å². The van der Waals surface area contributed by atoms with Crippen molar-refractivity contribution < 1.29 is 23.8 Å². The zero-order valence-corrected chi connectivity index (χ0v) is 18.0. The number of hydrogen-bond acceptors (Lipinski definition) is 5. The summed E-state index contributed by atoms with van der Waals surface area (Å²) in [5, 5.41) is 3.72. The van der Waals surface area contributed by atoms with Gasteiger partial charge in [-0.3, -0.25) is 9.59 Å². The fourth-order valence-corrected chi connectivity index (χ4v) is 4.02. The highest BCUT2D eigenvalue weighted by Gasteiger charge is 2.31. The van der Waals surface area contributed by atoms with Crippen LogP contribution in [-0.4, -0.2) is 44.3 Å². The molecule has 8 nitrogen and oxygen atoms in total. The average Bonchev–Trinajstić information content (AvgIpc) is 3.33. The van der Waals surface area contributed by atoms with Gasteiger partial charge >= 0.3 is 0 Å². The highest BCUT2D eigenvalue weighted by atomic mass is 16.5. The van der Waals surface area contributed by atoms with Crippen LogP contribution in [0.3, 0.4) is 0 Å². The maximum absolute atomic E-state index is 13.5. The molecule has 2 heterocycles. The van der Waals surface area contributed by atoms with Crippen LogP contribution in [0.4, 0.5) is 11.4 Å². The zero-order valence-electron chi connectivity index (χ0n) is 18.0. The van der Waals surface area contributed by atoms with E-state index in [1.165, 1.54) is 0 Å². The minimum atomic E-state index is -0.331. The minimum Gasteiger partial charge on any atom is -0.497 e. The highest BCUT2D eigenvalue weighted by Crippen LogP contribution is 2.38. The molecular formula is C23H25N3O5. The molecule has 0 saturated carbocycles. The molecule has 0 spiro atoms. The second kappa shape index (κ2) is 8.22. The highest BCUT2D eigenvalue weighted by molar-refractivity contribution is 6.17. The lowest BCUT2D eigenvalue weighted by atomic mass is 10.2. The number of nitrogens with one attached hydrogen (secondary N) is 1. The van der Waals surface area contributed by atoms with Gasteiger partial charge in [-0.05, 0) is 24.6 Å².